The van der Waals surface area contributed by atoms with Gasteiger partial charge in [0, 0.05) is 12.8 Å². The summed E-state index contributed by atoms with van der Waals surface area (Å²) in [6.07, 6.45) is 8.54. The Morgan fingerprint density at radius 3 is 3.15 bits per heavy atom. The molecule has 13 heavy (non-hydrogen) atoms. The first kappa shape index (κ1) is 9.21. The van der Waals surface area contributed by atoms with E-state index < -0.39 is 0 Å². The maximum atomic E-state index is 5.35. The van der Waals surface area contributed by atoms with Crippen LogP contribution >= 0.6 is 21.3 Å². The highest BCUT2D eigenvalue weighted by Gasteiger charge is 2.31. The molecular formula is C9H14IN3+2. The van der Waals surface area contributed by atoms with Gasteiger partial charge in [0.2, 0.25) is 0 Å². The van der Waals surface area contributed by atoms with Crippen molar-refractivity contribution in [3.63, 3.8) is 0 Å². The second-order valence-corrected chi connectivity index (χ2v) is 5.53. The molecule has 0 spiro atoms. The highest BCUT2D eigenvalue weighted by atomic mass is 127. The van der Waals surface area contributed by atoms with E-state index in [2.05, 4.69) is 16.3 Å². The predicted molar refractivity (Wildman–Crippen MR) is 60.0 cm³/mol. The summed E-state index contributed by atoms with van der Waals surface area (Å²) in [5.41, 5.74) is 2.64. The molecule has 1 heterocycles. The summed E-state index contributed by atoms with van der Waals surface area (Å²) in [4.78, 5) is 0. The lowest BCUT2D eigenvalue weighted by Gasteiger charge is -2.00. The quantitative estimate of drug-likeness (QED) is 0.416. The van der Waals surface area contributed by atoms with Crippen LogP contribution < -0.4 is 8.52 Å². The van der Waals surface area contributed by atoms with Gasteiger partial charge in [0.05, 0.1) is 6.08 Å². The fourth-order valence-corrected chi connectivity index (χ4v) is 3.33. The Hall–Kier alpha value is -0.360. The highest BCUT2D eigenvalue weighted by Crippen LogP contribution is 2.38. The molecule has 0 bridgehead atoms. The zero-order chi connectivity index (χ0) is 9.26. The molecule has 2 aliphatic rings. The number of hydrogen-bond acceptors (Lipinski definition) is 1. The summed E-state index contributed by atoms with van der Waals surface area (Å²) in [6.45, 7) is 2.11. The lowest BCUT2D eigenvalue weighted by atomic mass is 10.3. The average Bonchev–Trinajstić information content (AvgIpc) is 2.84. The largest absolute Gasteiger partial charge is 0.283 e. The van der Waals surface area contributed by atoms with Crippen molar-refractivity contribution in [2.45, 2.75) is 19.8 Å². The second kappa shape index (κ2) is 3.79. The van der Waals surface area contributed by atoms with Gasteiger partial charge in [0.15, 0.2) is 6.21 Å². The van der Waals surface area contributed by atoms with Crippen LogP contribution in [0.4, 0.5) is 0 Å². The third-order valence-electron chi connectivity index (χ3n) is 2.22. The van der Waals surface area contributed by atoms with Crippen molar-refractivity contribution in [2.75, 3.05) is 0 Å². The Balaban J connectivity index is 2.08. The van der Waals surface area contributed by atoms with Gasteiger partial charge >= 0.3 is 0 Å². The third kappa shape index (κ3) is 2.11. The van der Waals surface area contributed by atoms with Crippen molar-refractivity contribution in [3.8, 4) is 0 Å². The molecule has 3 N–H and O–H groups in total. The van der Waals surface area contributed by atoms with Gasteiger partial charge < -0.3 is 0 Å². The molecule has 3 nitrogen and oxygen atoms in total. The number of hydrogen-bond donors (Lipinski definition) is 2. The van der Waals surface area contributed by atoms with Gasteiger partial charge in [0.1, 0.15) is 17.6 Å². The molecule has 0 aromatic carbocycles. The average molecular weight is 291 g/mol. The Morgan fingerprint density at radius 1 is 1.77 bits per heavy atom. The van der Waals surface area contributed by atoms with Crippen LogP contribution in [0.3, 0.4) is 0 Å². The molecule has 0 amide bonds. The van der Waals surface area contributed by atoms with Crippen molar-refractivity contribution in [1.29, 1.82) is 0 Å². The molecule has 0 aromatic rings. The summed E-state index contributed by atoms with van der Waals surface area (Å²) in [5.74, 6) is 0.798. The van der Waals surface area contributed by atoms with Crippen LogP contribution in [0.2, 0.25) is 0 Å². The second-order valence-electron chi connectivity index (χ2n) is 3.40. The summed E-state index contributed by atoms with van der Waals surface area (Å²) < 4.78 is 6.05. The van der Waals surface area contributed by atoms with Crippen LogP contribution in [0.25, 0.3) is 0 Å². The van der Waals surface area contributed by atoms with Crippen molar-refractivity contribution < 1.29 is 8.52 Å². The molecule has 0 radical (unpaired) electrons. The van der Waals surface area contributed by atoms with Crippen molar-refractivity contribution in [2.24, 2.45) is 9.06 Å². The van der Waals surface area contributed by atoms with Gasteiger partial charge in [-0.05, 0) is 12.8 Å². The Morgan fingerprint density at radius 2 is 2.54 bits per heavy atom. The molecule has 1 aliphatic carbocycles. The van der Waals surface area contributed by atoms with Crippen molar-refractivity contribution in [1.82, 2.24) is 0 Å². The zero-order valence-electron chi connectivity index (χ0n) is 7.63. The number of halogens is 1. The van der Waals surface area contributed by atoms with Crippen LogP contribution in [0.15, 0.2) is 26.8 Å². The van der Waals surface area contributed by atoms with E-state index in [0.717, 1.165) is 5.92 Å². The van der Waals surface area contributed by atoms with E-state index in [1.807, 2.05) is 6.08 Å². The lowest BCUT2D eigenvalue weighted by molar-refractivity contribution is -0.593. The first-order valence-corrected chi connectivity index (χ1v) is 6.51. The van der Waals surface area contributed by atoms with E-state index in [0.29, 0.717) is 0 Å². The van der Waals surface area contributed by atoms with E-state index in [9.17, 15) is 0 Å². The summed E-state index contributed by atoms with van der Waals surface area (Å²) >= 11 is -0.105. The predicted octanol–water partition coefficient (Wildman–Crippen LogP) is -0.0607. The standard InChI is InChI=1S/C9H12IN3/c1-7(4-5-11)13-6-9(12-10-13)8-2-3-8/h4-6,8,11H,2-3H2,1H3/p+2. The van der Waals surface area contributed by atoms with Gasteiger partial charge in [-0.3, -0.25) is 5.41 Å². The summed E-state index contributed by atoms with van der Waals surface area (Å²) in [6, 6.07) is 0. The molecule has 2 rings (SSSR count). The maximum Gasteiger partial charge on any atom is 0.283 e. The Bertz CT molecular complexity index is 313. The van der Waals surface area contributed by atoms with Crippen LogP contribution in [0.1, 0.15) is 19.8 Å². The molecule has 4 heteroatoms. The zero-order valence-corrected chi connectivity index (χ0v) is 9.78. The first-order valence-electron chi connectivity index (χ1n) is 4.47. The summed E-state index contributed by atoms with van der Waals surface area (Å²) in [5, 5.41) is 5.35. The minimum absolute atomic E-state index is 0.105. The number of allylic oxidation sites excluding steroid dienone is 3. The monoisotopic (exact) mass is 291 g/mol. The number of nitrogens with two attached hydrogens (primary N) is 1. The van der Waals surface area contributed by atoms with E-state index in [4.69, 9.17) is 5.41 Å². The third-order valence-corrected chi connectivity index (χ3v) is 4.70. The molecule has 0 saturated heterocycles. The molecule has 1 unspecified atom stereocenters. The molecular weight excluding hydrogens is 277 g/mol. The number of quaternary nitrogens is 1. The van der Waals surface area contributed by atoms with Gasteiger partial charge in [0.25, 0.3) is 21.3 Å². The first-order chi connectivity index (χ1) is 6.31. The topological polar surface area (TPSA) is 42.4 Å². The molecule has 1 aliphatic heterocycles. The van der Waals surface area contributed by atoms with E-state index in [-0.39, 0.29) is 21.3 Å². The van der Waals surface area contributed by atoms with Crippen LogP contribution in [-0.2, 0) is 0 Å². The van der Waals surface area contributed by atoms with Gasteiger partial charge in [-0.2, -0.15) is 3.15 Å². The van der Waals surface area contributed by atoms with E-state index >= 15 is 0 Å². The van der Waals surface area contributed by atoms with Gasteiger partial charge in [-0.15, -0.1) is 0 Å². The lowest BCUT2D eigenvalue weighted by Crippen LogP contribution is -2.94. The minimum atomic E-state index is -0.105. The molecule has 1 fully saturated rings. The molecule has 70 valence electrons. The van der Waals surface area contributed by atoms with Crippen LogP contribution in [-0.4, -0.2) is 6.21 Å². The fraction of sp³-hybridized carbons (Fsp3) is 0.444. The SMILES string of the molecule is CC(=CC=[NH2+])[NH+]1C=C(C2CC2)N=I1. The fourth-order valence-electron chi connectivity index (χ4n) is 1.24. The van der Waals surface area contributed by atoms with Gasteiger partial charge in [-0.1, -0.05) is 0 Å². The van der Waals surface area contributed by atoms with Crippen LogP contribution in [0.5, 0.6) is 0 Å². The number of rotatable bonds is 3. The van der Waals surface area contributed by atoms with Crippen LogP contribution in [0, 0.1) is 5.92 Å². The smallest absolute Gasteiger partial charge is 0.260 e. The maximum absolute atomic E-state index is 5.35. The Kier molecular flexibility index (Phi) is 2.69. The number of nitrogens with zero attached hydrogens (tertiary/aromatic N) is 1. The summed E-state index contributed by atoms with van der Waals surface area (Å²) in [7, 11) is 0. The van der Waals surface area contributed by atoms with E-state index in [1.54, 1.807) is 6.21 Å². The minimum Gasteiger partial charge on any atom is -0.260 e. The van der Waals surface area contributed by atoms with Crippen molar-refractivity contribution >= 4 is 27.5 Å². The van der Waals surface area contributed by atoms with Gasteiger partial charge in [-0.25, -0.2) is 3.11 Å². The Labute approximate surface area is 88.5 Å². The normalized spacial score (nSPS) is 28.2. The molecule has 1 atom stereocenters. The molecule has 0 aromatic heterocycles. The molecule has 1 saturated carbocycles. The van der Waals surface area contributed by atoms with E-state index in [1.165, 1.54) is 27.3 Å². The number of nitrogens with one attached hydrogen (secondary N) is 1. The van der Waals surface area contributed by atoms with Crippen molar-refractivity contribution in [3.05, 3.63) is 23.7 Å². The highest BCUT2D eigenvalue weighted by molar-refractivity contribution is 14.1.